The van der Waals surface area contributed by atoms with E-state index in [1.807, 2.05) is 25.3 Å². The largest absolute Gasteiger partial charge is 0.339 e. The zero-order valence-electron chi connectivity index (χ0n) is 15.4. The van der Waals surface area contributed by atoms with Gasteiger partial charge < -0.3 is 9.09 Å². The van der Waals surface area contributed by atoms with Crippen LogP contribution in [0.3, 0.4) is 0 Å². The van der Waals surface area contributed by atoms with Crippen LogP contribution in [0.2, 0.25) is 0 Å². The van der Waals surface area contributed by atoms with Crippen LogP contribution in [0.1, 0.15) is 48.8 Å². The molecule has 0 N–H and O–H groups in total. The Morgan fingerprint density at radius 2 is 2.23 bits per heavy atom. The molecule has 8 heteroatoms. The molecule has 0 aromatic carbocycles. The first-order chi connectivity index (χ1) is 12.7. The SMILES string of the molecule is CCc1nc(CSc2nnc(-c3cc4c(s3)CCC(CC)C4)n2C)no1. The number of aromatic nitrogens is 5. The summed E-state index contributed by atoms with van der Waals surface area (Å²) in [4.78, 5) is 7.10. The molecule has 3 aromatic rings. The Morgan fingerprint density at radius 3 is 3.00 bits per heavy atom. The van der Waals surface area contributed by atoms with Crippen molar-refractivity contribution in [2.45, 2.75) is 56.9 Å². The molecule has 0 saturated heterocycles. The van der Waals surface area contributed by atoms with Gasteiger partial charge in [0.05, 0.1) is 10.6 Å². The van der Waals surface area contributed by atoms with Gasteiger partial charge in [-0.2, -0.15) is 4.98 Å². The Kier molecular flexibility index (Phi) is 5.13. The van der Waals surface area contributed by atoms with Crippen molar-refractivity contribution in [3.8, 4) is 10.7 Å². The quantitative estimate of drug-likeness (QED) is 0.586. The highest BCUT2D eigenvalue weighted by molar-refractivity contribution is 7.98. The summed E-state index contributed by atoms with van der Waals surface area (Å²) in [6.07, 6.45) is 5.75. The highest BCUT2D eigenvalue weighted by Gasteiger charge is 2.22. The van der Waals surface area contributed by atoms with Crippen LogP contribution < -0.4 is 0 Å². The maximum Gasteiger partial charge on any atom is 0.226 e. The van der Waals surface area contributed by atoms with Gasteiger partial charge in [-0.25, -0.2) is 0 Å². The van der Waals surface area contributed by atoms with Crippen molar-refractivity contribution in [3.63, 3.8) is 0 Å². The monoisotopic (exact) mass is 389 g/mol. The number of fused-ring (bicyclic) bond motifs is 1. The van der Waals surface area contributed by atoms with Crippen LogP contribution in [0, 0.1) is 5.92 Å². The van der Waals surface area contributed by atoms with Gasteiger partial charge in [-0.1, -0.05) is 37.2 Å². The first-order valence-corrected chi connectivity index (χ1v) is 10.9. The molecule has 1 atom stereocenters. The molecule has 0 radical (unpaired) electrons. The van der Waals surface area contributed by atoms with Gasteiger partial charge >= 0.3 is 0 Å². The van der Waals surface area contributed by atoms with E-state index in [-0.39, 0.29) is 0 Å². The maximum absolute atomic E-state index is 5.16. The lowest BCUT2D eigenvalue weighted by atomic mass is 9.87. The number of hydrogen-bond acceptors (Lipinski definition) is 7. The van der Waals surface area contributed by atoms with Gasteiger partial charge in [-0.05, 0) is 36.8 Å². The van der Waals surface area contributed by atoms with E-state index in [1.54, 1.807) is 11.8 Å². The van der Waals surface area contributed by atoms with E-state index in [2.05, 4.69) is 37.9 Å². The van der Waals surface area contributed by atoms with Gasteiger partial charge in [0.25, 0.3) is 0 Å². The van der Waals surface area contributed by atoms with E-state index < -0.39 is 0 Å². The Bertz CT molecular complexity index is 897. The topological polar surface area (TPSA) is 69.6 Å². The zero-order valence-corrected chi connectivity index (χ0v) is 17.0. The third kappa shape index (κ3) is 3.44. The number of aryl methyl sites for hydroxylation is 2. The smallest absolute Gasteiger partial charge is 0.226 e. The molecule has 1 unspecified atom stereocenters. The van der Waals surface area contributed by atoms with Crippen LogP contribution in [-0.4, -0.2) is 24.9 Å². The Balaban J connectivity index is 1.49. The second-order valence-corrected chi connectivity index (χ2v) is 8.77. The summed E-state index contributed by atoms with van der Waals surface area (Å²) in [5.74, 6) is 3.79. The van der Waals surface area contributed by atoms with Crippen molar-refractivity contribution < 1.29 is 4.52 Å². The first-order valence-electron chi connectivity index (χ1n) is 9.13. The second kappa shape index (κ2) is 7.52. The van der Waals surface area contributed by atoms with Gasteiger partial charge in [0, 0.05) is 18.3 Å². The van der Waals surface area contributed by atoms with Crippen LogP contribution in [-0.2, 0) is 32.1 Å². The molecule has 0 saturated carbocycles. The number of thioether (sulfide) groups is 1. The van der Waals surface area contributed by atoms with Crippen LogP contribution >= 0.6 is 23.1 Å². The minimum atomic E-state index is 0.634. The van der Waals surface area contributed by atoms with Gasteiger partial charge in [0.15, 0.2) is 16.8 Å². The van der Waals surface area contributed by atoms with E-state index >= 15 is 0 Å². The maximum atomic E-state index is 5.16. The molecule has 0 spiro atoms. The van der Waals surface area contributed by atoms with Gasteiger partial charge in [-0.3, -0.25) is 0 Å². The Morgan fingerprint density at radius 1 is 1.35 bits per heavy atom. The zero-order chi connectivity index (χ0) is 18.1. The molecule has 26 heavy (non-hydrogen) atoms. The van der Waals surface area contributed by atoms with Crippen molar-refractivity contribution in [1.29, 1.82) is 0 Å². The van der Waals surface area contributed by atoms with Gasteiger partial charge in [-0.15, -0.1) is 21.5 Å². The summed E-state index contributed by atoms with van der Waals surface area (Å²) in [5, 5.41) is 13.7. The molecule has 3 aromatic heterocycles. The highest BCUT2D eigenvalue weighted by Crippen LogP contribution is 2.38. The fraction of sp³-hybridized carbons (Fsp3) is 0.556. The van der Waals surface area contributed by atoms with Crippen molar-refractivity contribution in [2.75, 3.05) is 0 Å². The lowest BCUT2D eigenvalue weighted by Gasteiger charge is -2.19. The van der Waals surface area contributed by atoms with Crippen LogP contribution in [0.5, 0.6) is 0 Å². The summed E-state index contributed by atoms with van der Waals surface area (Å²) < 4.78 is 7.23. The van der Waals surface area contributed by atoms with E-state index in [4.69, 9.17) is 4.52 Å². The lowest BCUT2D eigenvalue weighted by Crippen LogP contribution is -2.10. The van der Waals surface area contributed by atoms with Gasteiger partial charge in [0.2, 0.25) is 5.89 Å². The second-order valence-electron chi connectivity index (χ2n) is 6.69. The molecule has 6 nitrogen and oxygen atoms in total. The molecule has 3 heterocycles. The van der Waals surface area contributed by atoms with Crippen molar-refractivity contribution in [1.82, 2.24) is 24.9 Å². The van der Waals surface area contributed by atoms with Gasteiger partial charge in [0.1, 0.15) is 0 Å². The molecular formula is C18H23N5OS2. The highest BCUT2D eigenvalue weighted by atomic mass is 32.2. The standard InChI is InChI=1S/C18H23N5OS2/c1-4-11-6-7-13-12(8-11)9-14(26-13)17-20-21-18(23(17)3)25-10-15-19-16(5-2)24-22-15/h9,11H,4-8,10H2,1-3H3. The average Bonchev–Trinajstić information content (AvgIpc) is 3.37. The molecule has 0 amide bonds. The third-order valence-electron chi connectivity index (χ3n) is 4.96. The average molecular weight is 390 g/mol. The molecule has 1 aliphatic carbocycles. The van der Waals surface area contributed by atoms with Crippen molar-refractivity contribution >= 4 is 23.1 Å². The Labute approximate surface area is 161 Å². The molecule has 1 aliphatic rings. The summed E-state index contributed by atoms with van der Waals surface area (Å²) in [6, 6.07) is 2.33. The molecule has 0 fully saturated rings. The fourth-order valence-electron chi connectivity index (χ4n) is 3.33. The number of nitrogens with zero attached hydrogens (tertiary/aromatic N) is 5. The first kappa shape index (κ1) is 17.7. The minimum Gasteiger partial charge on any atom is -0.339 e. The van der Waals surface area contributed by atoms with E-state index in [0.717, 1.165) is 23.3 Å². The Hall–Kier alpha value is -1.67. The van der Waals surface area contributed by atoms with Crippen molar-refractivity contribution in [2.24, 2.45) is 13.0 Å². The van der Waals surface area contributed by atoms with Crippen molar-refractivity contribution in [3.05, 3.63) is 28.2 Å². The molecule has 4 rings (SSSR count). The van der Waals surface area contributed by atoms with Crippen LogP contribution in [0.25, 0.3) is 10.7 Å². The van der Waals surface area contributed by atoms with E-state index in [1.165, 1.54) is 41.0 Å². The predicted molar refractivity (Wildman–Crippen MR) is 103 cm³/mol. The normalized spacial score (nSPS) is 16.8. The lowest BCUT2D eigenvalue weighted by molar-refractivity contribution is 0.378. The molecule has 138 valence electrons. The van der Waals surface area contributed by atoms with E-state index in [0.29, 0.717) is 17.5 Å². The minimum absolute atomic E-state index is 0.634. The number of thiophene rings is 1. The predicted octanol–water partition coefficient (Wildman–Crippen LogP) is 4.30. The number of rotatable bonds is 6. The summed E-state index contributed by atoms with van der Waals surface area (Å²) in [6.45, 7) is 4.30. The fourth-order valence-corrected chi connectivity index (χ4v) is 5.32. The summed E-state index contributed by atoms with van der Waals surface area (Å²) in [5.41, 5.74) is 1.51. The molecule has 0 aliphatic heterocycles. The third-order valence-corrected chi connectivity index (χ3v) is 7.21. The summed E-state index contributed by atoms with van der Waals surface area (Å²) >= 11 is 3.46. The number of hydrogen-bond donors (Lipinski definition) is 0. The molecule has 0 bridgehead atoms. The van der Waals surface area contributed by atoms with Crippen LogP contribution in [0.4, 0.5) is 0 Å². The van der Waals surface area contributed by atoms with Crippen LogP contribution in [0.15, 0.2) is 15.7 Å². The molecular weight excluding hydrogens is 366 g/mol. The summed E-state index contributed by atoms with van der Waals surface area (Å²) in [7, 11) is 2.03. The van der Waals surface area contributed by atoms with E-state index in [9.17, 15) is 0 Å².